The second kappa shape index (κ2) is 9.00. The van der Waals surface area contributed by atoms with Gasteiger partial charge in [-0.1, -0.05) is 32.9 Å². The zero-order valence-corrected chi connectivity index (χ0v) is 18.0. The molecule has 0 unspecified atom stereocenters. The first-order chi connectivity index (χ1) is 13.2. The lowest BCUT2D eigenvalue weighted by molar-refractivity contribution is -0.132. The van der Waals surface area contributed by atoms with Crippen molar-refractivity contribution in [1.82, 2.24) is 4.90 Å². The van der Waals surface area contributed by atoms with Crippen molar-refractivity contribution in [2.24, 2.45) is 0 Å². The van der Waals surface area contributed by atoms with Crippen LogP contribution in [0.2, 0.25) is 0 Å². The van der Waals surface area contributed by atoms with Gasteiger partial charge in [0.15, 0.2) is 18.1 Å². The Morgan fingerprint density at radius 1 is 1.00 bits per heavy atom. The number of likely N-dealkylation sites (N-methyl/N-ethyl adjacent to an activating group) is 1. The Hall–Kier alpha value is -2.69. The Morgan fingerprint density at radius 2 is 1.57 bits per heavy atom. The maximum Gasteiger partial charge on any atom is 0.260 e. The lowest BCUT2D eigenvalue weighted by Gasteiger charge is -2.21. The second-order valence-corrected chi connectivity index (χ2v) is 7.95. The SMILES string of the molecule is COc1cc(C)c(CN(C)C(=O)COc2ccc(C(C)(C)C)cc2)cc1OC. The molecule has 2 aromatic carbocycles. The van der Waals surface area contributed by atoms with Gasteiger partial charge in [-0.05, 0) is 53.3 Å². The molecular weight excluding hydrogens is 354 g/mol. The Balaban J connectivity index is 1.98. The topological polar surface area (TPSA) is 48.0 Å². The van der Waals surface area contributed by atoms with Gasteiger partial charge in [-0.2, -0.15) is 0 Å². The van der Waals surface area contributed by atoms with Crippen molar-refractivity contribution in [2.75, 3.05) is 27.9 Å². The van der Waals surface area contributed by atoms with Crippen LogP contribution in [0.5, 0.6) is 17.2 Å². The number of nitrogens with zero attached hydrogens (tertiary/aromatic N) is 1. The van der Waals surface area contributed by atoms with E-state index < -0.39 is 0 Å². The van der Waals surface area contributed by atoms with Gasteiger partial charge in [-0.25, -0.2) is 0 Å². The largest absolute Gasteiger partial charge is 0.493 e. The van der Waals surface area contributed by atoms with Crippen molar-refractivity contribution >= 4 is 5.91 Å². The van der Waals surface area contributed by atoms with E-state index in [0.717, 1.165) is 11.1 Å². The van der Waals surface area contributed by atoms with Crippen molar-refractivity contribution in [3.8, 4) is 17.2 Å². The van der Waals surface area contributed by atoms with Crippen LogP contribution in [-0.4, -0.2) is 38.7 Å². The molecule has 0 radical (unpaired) electrons. The van der Waals surface area contributed by atoms with Gasteiger partial charge in [0.2, 0.25) is 0 Å². The molecule has 0 atom stereocenters. The van der Waals surface area contributed by atoms with E-state index in [9.17, 15) is 4.79 Å². The molecule has 1 amide bonds. The summed E-state index contributed by atoms with van der Waals surface area (Å²) in [6.07, 6.45) is 0. The van der Waals surface area contributed by atoms with Gasteiger partial charge in [-0.3, -0.25) is 4.79 Å². The quantitative estimate of drug-likeness (QED) is 0.711. The first-order valence-corrected chi connectivity index (χ1v) is 9.34. The summed E-state index contributed by atoms with van der Waals surface area (Å²) in [5.41, 5.74) is 3.36. The molecule has 0 heterocycles. The van der Waals surface area contributed by atoms with Crippen molar-refractivity contribution in [3.05, 3.63) is 53.1 Å². The van der Waals surface area contributed by atoms with Gasteiger partial charge >= 0.3 is 0 Å². The van der Waals surface area contributed by atoms with E-state index in [1.807, 2.05) is 43.3 Å². The minimum Gasteiger partial charge on any atom is -0.493 e. The van der Waals surface area contributed by atoms with E-state index in [2.05, 4.69) is 20.8 Å². The first-order valence-electron chi connectivity index (χ1n) is 9.34. The predicted octanol–water partition coefficient (Wildman–Crippen LogP) is 4.35. The highest BCUT2D eigenvalue weighted by Crippen LogP contribution is 2.30. The molecule has 0 aliphatic heterocycles. The van der Waals surface area contributed by atoms with Gasteiger partial charge in [-0.15, -0.1) is 0 Å². The van der Waals surface area contributed by atoms with Crippen LogP contribution in [-0.2, 0) is 16.8 Å². The predicted molar refractivity (Wildman–Crippen MR) is 111 cm³/mol. The smallest absolute Gasteiger partial charge is 0.260 e. The standard InChI is InChI=1S/C23H31NO4/c1-16-12-20(26-6)21(27-7)13-17(16)14-24(5)22(25)15-28-19-10-8-18(9-11-19)23(2,3)4/h8-13H,14-15H2,1-7H3. The number of carbonyl (C=O) groups excluding carboxylic acids is 1. The van der Waals surface area contributed by atoms with E-state index in [1.165, 1.54) is 5.56 Å². The van der Waals surface area contributed by atoms with Gasteiger partial charge < -0.3 is 19.1 Å². The summed E-state index contributed by atoms with van der Waals surface area (Å²) < 4.78 is 16.3. The molecule has 0 saturated carbocycles. The molecule has 5 nitrogen and oxygen atoms in total. The maximum absolute atomic E-state index is 12.5. The summed E-state index contributed by atoms with van der Waals surface area (Å²) in [6, 6.07) is 11.7. The average Bonchev–Trinajstić information content (AvgIpc) is 2.66. The monoisotopic (exact) mass is 385 g/mol. The van der Waals surface area contributed by atoms with E-state index in [-0.39, 0.29) is 17.9 Å². The van der Waals surface area contributed by atoms with Gasteiger partial charge in [0.1, 0.15) is 5.75 Å². The summed E-state index contributed by atoms with van der Waals surface area (Å²) in [5, 5.41) is 0. The van der Waals surface area contributed by atoms with Crippen LogP contribution in [0.15, 0.2) is 36.4 Å². The van der Waals surface area contributed by atoms with Crippen molar-refractivity contribution in [3.63, 3.8) is 0 Å². The Kier molecular flexibility index (Phi) is 6.95. The number of hydrogen-bond acceptors (Lipinski definition) is 4. The third-order valence-corrected chi connectivity index (χ3v) is 4.76. The molecule has 28 heavy (non-hydrogen) atoms. The summed E-state index contributed by atoms with van der Waals surface area (Å²) in [7, 11) is 4.98. The molecule has 0 fully saturated rings. The summed E-state index contributed by atoms with van der Waals surface area (Å²) in [5.74, 6) is 1.94. The number of methoxy groups -OCH3 is 2. The molecule has 0 saturated heterocycles. The number of ether oxygens (including phenoxy) is 3. The third kappa shape index (κ3) is 5.41. The maximum atomic E-state index is 12.5. The molecule has 5 heteroatoms. The molecule has 0 aliphatic rings. The lowest BCUT2D eigenvalue weighted by atomic mass is 9.87. The van der Waals surface area contributed by atoms with Crippen LogP contribution < -0.4 is 14.2 Å². The lowest BCUT2D eigenvalue weighted by Crippen LogP contribution is -2.31. The number of carbonyl (C=O) groups is 1. The van der Waals surface area contributed by atoms with Gasteiger partial charge in [0.05, 0.1) is 14.2 Å². The summed E-state index contributed by atoms with van der Waals surface area (Å²) >= 11 is 0. The minimum atomic E-state index is -0.0888. The molecule has 2 aromatic rings. The number of rotatable bonds is 7. The van der Waals surface area contributed by atoms with Crippen molar-refractivity contribution < 1.29 is 19.0 Å². The normalized spacial score (nSPS) is 11.1. The van der Waals surface area contributed by atoms with Crippen molar-refractivity contribution in [2.45, 2.75) is 39.7 Å². The number of hydrogen-bond donors (Lipinski definition) is 0. The summed E-state index contributed by atoms with van der Waals surface area (Å²) in [4.78, 5) is 14.1. The van der Waals surface area contributed by atoms with Crippen LogP contribution in [0.25, 0.3) is 0 Å². The van der Waals surface area contributed by atoms with E-state index in [1.54, 1.807) is 26.2 Å². The molecule has 152 valence electrons. The average molecular weight is 386 g/mol. The minimum absolute atomic E-state index is 0.00228. The van der Waals surface area contributed by atoms with E-state index in [4.69, 9.17) is 14.2 Å². The molecule has 0 N–H and O–H groups in total. The van der Waals surface area contributed by atoms with Gasteiger partial charge in [0.25, 0.3) is 5.91 Å². The number of benzene rings is 2. The highest BCUT2D eigenvalue weighted by molar-refractivity contribution is 5.77. The molecular formula is C23H31NO4. The third-order valence-electron chi connectivity index (χ3n) is 4.76. The zero-order chi connectivity index (χ0) is 20.9. The molecule has 0 aliphatic carbocycles. The first kappa shape index (κ1) is 21.6. The van der Waals surface area contributed by atoms with Crippen molar-refractivity contribution in [1.29, 1.82) is 0 Å². The highest BCUT2D eigenvalue weighted by atomic mass is 16.5. The fraction of sp³-hybridized carbons (Fsp3) is 0.435. The molecule has 0 aromatic heterocycles. The molecule has 0 bridgehead atoms. The second-order valence-electron chi connectivity index (χ2n) is 7.95. The van der Waals surface area contributed by atoms with E-state index in [0.29, 0.717) is 23.8 Å². The summed E-state index contributed by atoms with van der Waals surface area (Å²) in [6.45, 7) is 8.95. The fourth-order valence-corrected chi connectivity index (χ4v) is 2.84. The molecule has 2 rings (SSSR count). The van der Waals surface area contributed by atoms with Crippen LogP contribution in [0.4, 0.5) is 0 Å². The Bertz CT molecular complexity index is 807. The van der Waals surface area contributed by atoms with E-state index >= 15 is 0 Å². The molecule has 0 spiro atoms. The zero-order valence-electron chi connectivity index (χ0n) is 18.0. The number of aryl methyl sites for hydroxylation is 1. The fourth-order valence-electron chi connectivity index (χ4n) is 2.84. The Morgan fingerprint density at radius 3 is 2.11 bits per heavy atom. The van der Waals surface area contributed by atoms with Gasteiger partial charge in [0, 0.05) is 13.6 Å². The Labute approximate surface area is 168 Å². The van der Waals surface area contributed by atoms with Crippen LogP contribution in [0, 0.1) is 6.92 Å². The number of amides is 1. The van der Waals surface area contributed by atoms with Crippen LogP contribution >= 0.6 is 0 Å². The van der Waals surface area contributed by atoms with Crippen LogP contribution in [0.1, 0.15) is 37.5 Å². The van der Waals surface area contributed by atoms with Crippen LogP contribution in [0.3, 0.4) is 0 Å². The highest BCUT2D eigenvalue weighted by Gasteiger charge is 2.16.